The minimum Gasteiger partial charge on any atom is -0.369 e. The van der Waals surface area contributed by atoms with E-state index in [2.05, 4.69) is 76.4 Å². The standard InChI is InChI=1S/C23H46N2O/c1-16(2)12-17-14-25(10,11)15-19(17)23(8,9)22(6,7)18(20(24)26)13-21(3,4)5/h16-19H,12-15H2,1-11H3,(H-,24,26)/p+1. The van der Waals surface area contributed by atoms with Crippen LogP contribution in [-0.4, -0.2) is 37.6 Å². The van der Waals surface area contributed by atoms with E-state index in [1.54, 1.807) is 0 Å². The van der Waals surface area contributed by atoms with Crippen LogP contribution in [0.5, 0.6) is 0 Å². The van der Waals surface area contributed by atoms with Gasteiger partial charge in [0.15, 0.2) is 0 Å². The lowest BCUT2D eigenvalue weighted by molar-refractivity contribution is -0.881. The van der Waals surface area contributed by atoms with Crippen molar-refractivity contribution in [3.63, 3.8) is 0 Å². The zero-order valence-corrected chi connectivity index (χ0v) is 19.6. The molecule has 0 saturated carbocycles. The number of hydrogen-bond donors (Lipinski definition) is 1. The van der Waals surface area contributed by atoms with Gasteiger partial charge >= 0.3 is 0 Å². The number of carbonyl (C=O) groups excluding carboxylic acids is 1. The smallest absolute Gasteiger partial charge is 0.221 e. The maximum absolute atomic E-state index is 12.5. The van der Waals surface area contributed by atoms with Gasteiger partial charge in [-0.25, -0.2) is 0 Å². The van der Waals surface area contributed by atoms with E-state index < -0.39 is 0 Å². The summed E-state index contributed by atoms with van der Waals surface area (Å²) in [5.74, 6) is 1.79. The predicted octanol–water partition coefficient (Wildman–Crippen LogP) is 4.95. The van der Waals surface area contributed by atoms with Crippen molar-refractivity contribution in [2.24, 2.45) is 45.7 Å². The molecule has 0 aromatic heterocycles. The third-order valence-electron chi connectivity index (χ3n) is 7.38. The molecule has 0 aromatic carbocycles. The van der Waals surface area contributed by atoms with Crippen molar-refractivity contribution in [1.29, 1.82) is 0 Å². The fourth-order valence-electron chi connectivity index (χ4n) is 5.43. The van der Waals surface area contributed by atoms with Crippen molar-refractivity contribution in [3.8, 4) is 0 Å². The van der Waals surface area contributed by atoms with Crippen LogP contribution in [0.3, 0.4) is 0 Å². The molecule has 0 bridgehead atoms. The number of rotatable bonds is 7. The van der Waals surface area contributed by atoms with E-state index >= 15 is 0 Å². The lowest BCUT2D eigenvalue weighted by Gasteiger charge is -2.51. The van der Waals surface area contributed by atoms with Crippen molar-refractivity contribution in [2.75, 3.05) is 27.2 Å². The Kier molecular flexibility index (Phi) is 6.72. The summed E-state index contributed by atoms with van der Waals surface area (Å²) in [4.78, 5) is 12.5. The molecule has 3 heteroatoms. The summed E-state index contributed by atoms with van der Waals surface area (Å²) < 4.78 is 1.09. The highest BCUT2D eigenvalue weighted by Gasteiger charge is 2.56. The first-order valence-electron chi connectivity index (χ1n) is 10.5. The van der Waals surface area contributed by atoms with Gasteiger partial charge in [0.2, 0.25) is 5.91 Å². The van der Waals surface area contributed by atoms with Crippen molar-refractivity contribution < 1.29 is 9.28 Å². The molecule has 2 N–H and O–H groups in total. The predicted molar refractivity (Wildman–Crippen MR) is 113 cm³/mol. The Balaban J connectivity index is 3.27. The monoisotopic (exact) mass is 367 g/mol. The number of carbonyl (C=O) groups is 1. The molecule has 1 fully saturated rings. The maximum atomic E-state index is 12.5. The average Bonchev–Trinajstić information content (AvgIpc) is 2.69. The zero-order chi connectivity index (χ0) is 20.7. The quantitative estimate of drug-likeness (QED) is 0.636. The number of primary amides is 1. The molecule has 1 aliphatic heterocycles. The Morgan fingerprint density at radius 3 is 1.92 bits per heavy atom. The summed E-state index contributed by atoms with van der Waals surface area (Å²) in [6.07, 6.45) is 2.12. The lowest BCUT2D eigenvalue weighted by Crippen LogP contribution is -2.51. The minimum atomic E-state index is -0.143. The molecule has 154 valence electrons. The summed E-state index contributed by atoms with van der Waals surface area (Å²) in [6.45, 7) is 23.1. The van der Waals surface area contributed by atoms with Crippen LogP contribution in [0.1, 0.15) is 75.2 Å². The summed E-state index contributed by atoms with van der Waals surface area (Å²) in [5.41, 5.74) is 5.95. The summed E-state index contributed by atoms with van der Waals surface area (Å²) in [7, 11) is 4.72. The van der Waals surface area contributed by atoms with Crippen molar-refractivity contribution >= 4 is 5.91 Å². The van der Waals surface area contributed by atoms with E-state index in [1.807, 2.05) is 0 Å². The second-order valence-corrected chi connectivity index (χ2v) is 12.5. The van der Waals surface area contributed by atoms with Crippen LogP contribution in [0.4, 0.5) is 0 Å². The van der Waals surface area contributed by atoms with E-state index in [0.717, 1.165) is 10.9 Å². The molecule has 1 aliphatic rings. The van der Waals surface area contributed by atoms with Gasteiger partial charge in [0.25, 0.3) is 0 Å². The van der Waals surface area contributed by atoms with Gasteiger partial charge in [0, 0.05) is 17.8 Å². The SMILES string of the molecule is CC(C)CC1C[N+](C)(C)CC1C(C)(C)C(C)(C)C(CC(C)(C)C)C(N)=O. The van der Waals surface area contributed by atoms with E-state index in [1.165, 1.54) is 19.5 Å². The molecule has 1 rings (SSSR count). The van der Waals surface area contributed by atoms with Crippen LogP contribution >= 0.6 is 0 Å². The Morgan fingerprint density at radius 2 is 1.54 bits per heavy atom. The number of amides is 1. The third kappa shape index (κ3) is 5.24. The fraction of sp³-hybridized carbons (Fsp3) is 0.957. The van der Waals surface area contributed by atoms with Crippen molar-refractivity contribution in [3.05, 3.63) is 0 Å². The van der Waals surface area contributed by atoms with Crippen LogP contribution in [0.15, 0.2) is 0 Å². The number of likely N-dealkylation sites (tertiary alicyclic amines) is 1. The molecule has 1 saturated heterocycles. The van der Waals surface area contributed by atoms with Crippen LogP contribution in [0.2, 0.25) is 0 Å². The van der Waals surface area contributed by atoms with Gasteiger partial charge < -0.3 is 10.2 Å². The van der Waals surface area contributed by atoms with Gasteiger partial charge in [-0.3, -0.25) is 4.79 Å². The number of nitrogens with zero attached hydrogens (tertiary/aromatic N) is 1. The van der Waals surface area contributed by atoms with Gasteiger partial charge in [-0.2, -0.15) is 0 Å². The molecule has 1 amide bonds. The zero-order valence-electron chi connectivity index (χ0n) is 19.6. The molecule has 0 aromatic rings. The first-order chi connectivity index (χ1) is 11.4. The first-order valence-corrected chi connectivity index (χ1v) is 10.5. The molecule has 3 atom stereocenters. The molecule has 1 heterocycles. The first kappa shape index (κ1) is 23.5. The van der Waals surface area contributed by atoms with Gasteiger partial charge in [-0.15, -0.1) is 0 Å². The Morgan fingerprint density at radius 1 is 1.04 bits per heavy atom. The van der Waals surface area contributed by atoms with Crippen molar-refractivity contribution in [1.82, 2.24) is 0 Å². The van der Waals surface area contributed by atoms with E-state index in [4.69, 9.17) is 5.73 Å². The number of quaternary nitrogens is 1. The molecule has 3 unspecified atom stereocenters. The third-order valence-corrected chi connectivity index (χ3v) is 7.38. The van der Waals surface area contributed by atoms with Crippen LogP contribution in [-0.2, 0) is 4.79 Å². The molecule has 0 spiro atoms. The fourth-order valence-corrected chi connectivity index (χ4v) is 5.43. The molecular formula is C23H47N2O+. The average molecular weight is 368 g/mol. The summed E-state index contributed by atoms with van der Waals surface area (Å²) in [5, 5.41) is 0. The highest BCUT2D eigenvalue weighted by molar-refractivity contribution is 5.77. The number of hydrogen-bond acceptors (Lipinski definition) is 1. The van der Waals surface area contributed by atoms with E-state index in [-0.39, 0.29) is 28.1 Å². The Labute approximate surface area is 163 Å². The van der Waals surface area contributed by atoms with Gasteiger partial charge in [0.05, 0.1) is 27.2 Å². The van der Waals surface area contributed by atoms with E-state index in [0.29, 0.717) is 17.8 Å². The van der Waals surface area contributed by atoms with Crippen LogP contribution in [0.25, 0.3) is 0 Å². The molecular weight excluding hydrogens is 320 g/mol. The molecule has 26 heavy (non-hydrogen) atoms. The Hall–Kier alpha value is -0.570. The normalized spacial score (nSPS) is 25.5. The second-order valence-electron chi connectivity index (χ2n) is 12.5. The topological polar surface area (TPSA) is 43.1 Å². The number of nitrogens with two attached hydrogens (primary N) is 1. The second kappa shape index (κ2) is 7.45. The Bertz CT molecular complexity index is 497. The van der Waals surface area contributed by atoms with Crippen molar-refractivity contribution in [2.45, 2.75) is 75.2 Å². The molecule has 3 nitrogen and oxygen atoms in total. The van der Waals surface area contributed by atoms with Crippen LogP contribution in [0, 0.1) is 39.9 Å². The van der Waals surface area contributed by atoms with E-state index in [9.17, 15) is 4.79 Å². The maximum Gasteiger partial charge on any atom is 0.221 e. The molecule has 0 aliphatic carbocycles. The van der Waals surface area contributed by atoms with Gasteiger partial charge in [-0.1, -0.05) is 62.3 Å². The minimum absolute atomic E-state index is 0.0452. The highest BCUT2D eigenvalue weighted by Crippen LogP contribution is 2.56. The van der Waals surface area contributed by atoms with Crippen LogP contribution < -0.4 is 5.73 Å². The highest BCUT2D eigenvalue weighted by atomic mass is 16.1. The molecule has 0 radical (unpaired) electrons. The largest absolute Gasteiger partial charge is 0.369 e. The lowest BCUT2D eigenvalue weighted by atomic mass is 9.52. The summed E-state index contributed by atoms with van der Waals surface area (Å²) >= 11 is 0. The summed E-state index contributed by atoms with van der Waals surface area (Å²) in [6, 6.07) is 0. The van der Waals surface area contributed by atoms with Gasteiger partial charge in [0.1, 0.15) is 0 Å². The van der Waals surface area contributed by atoms with Gasteiger partial charge in [-0.05, 0) is 35.0 Å².